The second kappa shape index (κ2) is 7.05. The van der Waals surface area contributed by atoms with Crippen LogP contribution in [0.5, 0.6) is 0 Å². The highest BCUT2D eigenvalue weighted by Crippen LogP contribution is 2.38. The molecule has 0 bridgehead atoms. The third-order valence-electron chi connectivity index (χ3n) is 3.84. The summed E-state index contributed by atoms with van der Waals surface area (Å²) in [5, 5.41) is 2.84. The number of fused-ring (bicyclic) bond motifs is 1. The summed E-state index contributed by atoms with van der Waals surface area (Å²) in [6.07, 6.45) is 0. The van der Waals surface area contributed by atoms with Crippen molar-refractivity contribution in [2.45, 2.75) is 13.0 Å². The normalized spacial score (nSPS) is 16.3. The molecule has 0 saturated heterocycles. The predicted octanol–water partition coefficient (Wildman–Crippen LogP) is 3.95. The minimum atomic E-state index is -0.424. The van der Waals surface area contributed by atoms with Crippen LogP contribution in [0.2, 0.25) is 0 Å². The zero-order valence-corrected chi connectivity index (χ0v) is 14.7. The largest absolute Gasteiger partial charge is 0.465 e. The van der Waals surface area contributed by atoms with E-state index in [0.29, 0.717) is 0 Å². The van der Waals surface area contributed by atoms with Gasteiger partial charge in [-0.25, -0.2) is 4.79 Å². The number of urea groups is 1. The van der Waals surface area contributed by atoms with E-state index in [0.717, 1.165) is 21.3 Å². The van der Waals surface area contributed by atoms with E-state index in [1.807, 2.05) is 48.5 Å². The number of carbonyl (C=O) groups is 2. The van der Waals surface area contributed by atoms with E-state index < -0.39 is 5.97 Å². The molecule has 0 aromatic heterocycles. The lowest BCUT2D eigenvalue weighted by molar-refractivity contribution is -0.144. The van der Waals surface area contributed by atoms with Crippen molar-refractivity contribution in [1.29, 1.82) is 0 Å². The lowest BCUT2D eigenvalue weighted by atomic mass is 9.94. The maximum Gasteiger partial charge on any atom is 0.325 e. The fraction of sp³-hybridized carbons (Fsp3) is 0.222. The summed E-state index contributed by atoms with van der Waals surface area (Å²) in [5.41, 5.74) is 2.62. The van der Waals surface area contributed by atoms with Crippen molar-refractivity contribution < 1.29 is 14.3 Å². The molecule has 1 heterocycles. The number of anilines is 1. The standard InChI is InChI=1S/C18H17BrN2O3/c1-2-24-16(22)11-21-17(12-6-4-3-5-7-12)14-10-13(19)8-9-15(14)20-18(21)23/h3-10,17H,2,11H2,1H3,(H,20,23)/t17-/m1/s1. The van der Waals surface area contributed by atoms with Crippen molar-refractivity contribution in [2.24, 2.45) is 0 Å². The van der Waals surface area contributed by atoms with Crippen molar-refractivity contribution >= 4 is 33.6 Å². The van der Waals surface area contributed by atoms with Crippen LogP contribution >= 0.6 is 15.9 Å². The van der Waals surface area contributed by atoms with E-state index in [1.54, 1.807) is 6.92 Å². The van der Waals surface area contributed by atoms with Gasteiger partial charge in [0.25, 0.3) is 0 Å². The molecule has 0 spiro atoms. The van der Waals surface area contributed by atoms with Crippen molar-refractivity contribution in [3.05, 3.63) is 64.1 Å². The highest BCUT2D eigenvalue weighted by atomic mass is 79.9. The van der Waals surface area contributed by atoms with Crippen LogP contribution in [0.1, 0.15) is 24.1 Å². The Labute approximate surface area is 148 Å². The van der Waals surface area contributed by atoms with Gasteiger partial charge in [-0.15, -0.1) is 0 Å². The molecule has 1 atom stereocenters. The zero-order valence-electron chi connectivity index (χ0n) is 13.2. The molecule has 6 heteroatoms. The predicted molar refractivity (Wildman–Crippen MR) is 94.8 cm³/mol. The van der Waals surface area contributed by atoms with Crippen molar-refractivity contribution in [3.63, 3.8) is 0 Å². The first-order valence-corrected chi connectivity index (χ1v) is 8.47. The molecule has 1 aliphatic heterocycles. The van der Waals surface area contributed by atoms with Gasteiger partial charge < -0.3 is 15.0 Å². The number of halogens is 1. The molecular weight excluding hydrogens is 372 g/mol. The van der Waals surface area contributed by atoms with Crippen LogP contribution in [0.4, 0.5) is 10.5 Å². The van der Waals surface area contributed by atoms with Gasteiger partial charge in [-0.2, -0.15) is 0 Å². The van der Waals surface area contributed by atoms with Crippen LogP contribution < -0.4 is 5.32 Å². The van der Waals surface area contributed by atoms with Gasteiger partial charge in [0.2, 0.25) is 0 Å². The number of rotatable bonds is 4. The van der Waals surface area contributed by atoms with Gasteiger partial charge in [0.05, 0.1) is 12.6 Å². The first kappa shape index (κ1) is 16.5. The molecule has 3 rings (SSSR count). The Morgan fingerprint density at radius 1 is 1.25 bits per heavy atom. The number of nitrogens with one attached hydrogen (secondary N) is 1. The third kappa shape index (κ3) is 3.28. The van der Waals surface area contributed by atoms with E-state index in [9.17, 15) is 9.59 Å². The first-order chi connectivity index (χ1) is 11.6. The lowest BCUT2D eigenvalue weighted by Crippen LogP contribution is -2.45. The van der Waals surface area contributed by atoms with Crippen LogP contribution in [0.25, 0.3) is 0 Å². The third-order valence-corrected chi connectivity index (χ3v) is 4.34. The molecule has 0 saturated carbocycles. The Morgan fingerprint density at radius 2 is 2.00 bits per heavy atom. The molecule has 0 aliphatic carbocycles. The average Bonchev–Trinajstić information content (AvgIpc) is 2.57. The van der Waals surface area contributed by atoms with Crippen molar-refractivity contribution in [2.75, 3.05) is 18.5 Å². The summed E-state index contributed by atoms with van der Waals surface area (Å²) >= 11 is 3.48. The maximum atomic E-state index is 12.6. The Hall–Kier alpha value is -2.34. The second-order valence-corrected chi connectivity index (χ2v) is 6.32. The summed E-state index contributed by atoms with van der Waals surface area (Å²) < 4.78 is 5.93. The Morgan fingerprint density at radius 3 is 2.71 bits per heavy atom. The number of ether oxygens (including phenoxy) is 1. The van der Waals surface area contributed by atoms with Gasteiger partial charge >= 0.3 is 12.0 Å². The highest BCUT2D eigenvalue weighted by molar-refractivity contribution is 9.10. The van der Waals surface area contributed by atoms with E-state index in [4.69, 9.17) is 4.74 Å². The molecular formula is C18H17BrN2O3. The summed E-state index contributed by atoms with van der Waals surface area (Å²) in [7, 11) is 0. The minimum absolute atomic E-state index is 0.106. The van der Waals surface area contributed by atoms with Crippen LogP contribution in [0.15, 0.2) is 53.0 Å². The van der Waals surface area contributed by atoms with Crippen LogP contribution in [-0.4, -0.2) is 30.1 Å². The van der Waals surface area contributed by atoms with Crippen LogP contribution in [0.3, 0.4) is 0 Å². The van der Waals surface area contributed by atoms with Gasteiger partial charge in [0.15, 0.2) is 0 Å². The fourth-order valence-corrected chi connectivity index (χ4v) is 3.23. The van der Waals surface area contributed by atoms with Crippen LogP contribution in [0, 0.1) is 0 Å². The fourth-order valence-electron chi connectivity index (χ4n) is 2.85. The number of esters is 1. The molecule has 2 aromatic carbocycles. The Balaban J connectivity index is 2.06. The Kier molecular flexibility index (Phi) is 4.85. The monoisotopic (exact) mass is 388 g/mol. The minimum Gasteiger partial charge on any atom is -0.465 e. The maximum absolute atomic E-state index is 12.6. The molecule has 124 valence electrons. The molecule has 2 amide bonds. The molecule has 0 fully saturated rings. The quantitative estimate of drug-likeness (QED) is 0.806. The smallest absolute Gasteiger partial charge is 0.325 e. The molecule has 1 N–H and O–H groups in total. The van der Waals surface area contributed by atoms with Gasteiger partial charge in [0, 0.05) is 15.7 Å². The molecule has 2 aromatic rings. The Bertz CT molecular complexity index is 764. The van der Waals surface area contributed by atoms with E-state index in [2.05, 4.69) is 21.2 Å². The SMILES string of the molecule is CCOC(=O)CN1C(=O)Nc2ccc(Br)cc2[C@H]1c1ccccc1. The van der Waals surface area contributed by atoms with E-state index in [-0.39, 0.29) is 25.2 Å². The molecule has 0 radical (unpaired) electrons. The van der Waals surface area contributed by atoms with Crippen molar-refractivity contribution in [3.8, 4) is 0 Å². The number of nitrogens with zero attached hydrogens (tertiary/aromatic N) is 1. The summed E-state index contributed by atoms with van der Waals surface area (Å²) in [6.45, 7) is 1.92. The zero-order chi connectivity index (χ0) is 17.1. The van der Waals surface area contributed by atoms with Gasteiger partial charge in [-0.1, -0.05) is 46.3 Å². The van der Waals surface area contributed by atoms with Gasteiger partial charge in [-0.05, 0) is 30.7 Å². The van der Waals surface area contributed by atoms with E-state index in [1.165, 1.54) is 4.90 Å². The summed E-state index contributed by atoms with van der Waals surface area (Å²) in [6, 6.07) is 14.7. The highest BCUT2D eigenvalue weighted by Gasteiger charge is 2.35. The molecule has 24 heavy (non-hydrogen) atoms. The molecule has 5 nitrogen and oxygen atoms in total. The van der Waals surface area contributed by atoms with Crippen LogP contribution in [-0.2, 0) is 9.53 Å². The molecule has 0 unspecified atom stereocenters. The average molecular weight is 389 g/mol. The van der Waals surface area contributed by atoms with Gasteiger partial charge in [0.1, 0.15) is 6.54 Å². The van der Waals surface area contributed by atoms with E-state index >= 15 is 0 Å². The lowest BCUT2D eigenvalue weighted by Gasteiger charge is -2.37. The number of amides is 2. The number of benzene rings is 2. The number of hydrogen-bond acceptors (Lipinski definition) is 3. The second-order valence-electron chi connectivity index (χ2n) is 5.41. The summed E-state index contributed by atoms with van der Waals surface area (Å²) in [4.78, 5) is 26.0. The topological polar surface area (TPSA) is 58.6 Å². The van der Waals surface area contributed by atoms with Gasteiger partial charge in [-0.3, -0.25) is 4.79 Å². The number of hydrogen-bond donors (Lipinski definition) is 1. The summed E-state index contributed by atoms with van der Waals surface area (Å²) in [5.74, 6) is -0.424. The number of carbonyl (C=O) groups excluding carboxylic acids is 2. The van der Waals surface area contributed by atoms with Crippen molar-refractivity contribution in [1.82, 2.24) is 4.90 Å². The molecule has 1 aliphatic rings. The first-order valence-electron chi connectivity index (χ1n) is 7.67.